The number of allylic oxidation sites excluding steroid dienone is 1. The molecular formula is C15H26N2O2. The van der Waals surface area contributed by atoms with Crippen LogP contribution in [-0.2, 0) is 9.53 Å². The first-order chi connectivity index (χ1) is 9.11. The second kappa shape index (κ2) is 6.53. The maximum atomic E-state index is 11.7. The molecule has 1 aliphatic carbocycles. The van der Waals surface area contributed by atoms with E-state index in [1.54, 1.807) is 7.05 Å². The van der Waals surface area contributed by atoms with Gasteiger partial charge in [0.2, 0.25) is 5.91 Å². The molecule has 4 nitrogen and oxygen atoms in total. The van der Waals surface area contributed by atoms with E-state index >= 15 is 0 Å². The van der Waals surface area contributed by atoms with Crippen LogP contribution in [-0.4, -0.2) is 50.2 Å². The van der Waals surface area contributed by atoms with Crippen molar-refractivity contribution < 1.29 is 9.53 Å². The SMILES string of the molecule is CNC(=O)[C@@H]1CN(C[C@@H]2C(C)=CCC[C@H]2C)CCO1. The molecule has 1 aliphatic heterocycles. The Morgan fingerprint density at radius 1 is 1.58 bits per heavy atom. The molecule has 0 bridgehead atoms. The molecule has 1 N–H and O–H groups in total. The predicted molar refractivity (Wildman–Crippen MR) is 75.9 cm³/mol. The summed E-state index contributed by atoms with van der Waals surface area (Å²) in [5.41, 5.74) is 1.52. The minimum atomic E-state index is -0.304. The number of amides is 1. The summed E-state index contributed by atoms with van der Waals surface area (Å²) in [6.45, 7) is 7.96. The van der Waals surface area contributed by atoms with Gasteiger partial charge in [0, 0.05) is 26.7 Å². The van der Waals surface area contributed by atoms with Crippen molar-refractivity contribution >= 4 is 5.91 Å². The molecule has 19 heavy (non-hydrogen) atoms. The van der Waals surface area contributed by atoms with E-state index in [0.717, 1.165) is 25.6 Å². The highest BCUT2D eigenvalue weighted by molar-refractivity contribution is 5.80. The highest BCUT2D eigenvalue weighted by atomic mass is 16.5. The molecule has 1 amide bonds. The zero-order chi connectivity index (χ0) is 13.8. The lowest BCUT2D eigenvalue weighted by atomic mass is 9.79. The predicted octanol–water partition coefficient (Wildman–Crippen LogP) is 1.43. The third-order valence-electron chi connectivity index (χ3n) is 4.50. The van der Waals surface area contributed by atoms with Crippen molar-refractivity contribution in [3.63, 3.8) is 0 Å². The minimum absolute atomic E-state index is 0.00587. The average Bonchev–Trinajstić information content (AvgIpc) is 2.42. The Morgan fingerprint density at radius 3 is 3.05 bits per heavy atom. The van der Waals surface area contributed by atoms with Gasteiger partial charge in [-0.15, -0.1) is 0 Å². The van der Waals surface area contributed by atoms with E-state index in [0.29, 0.717) is 12.5 Å². The summed E-state index contributed by atoms with van der Waals surface area (Å²) in [5.74, 6) is 1.37. The Bertz CT molecular complexity index is 354. The van der Waals surface area contributed by atoms with Gasteiger partial charge in [-0.25, -0.2) is 0 Å². The van der Waals surface area contributed by atoms with Crippen molar-refractivity contribution in [3.8, 4) is 0 Å². The summed E-state index contributed by atoms with van der Waals surface area (Å²) < 4.78 is 5.54. The van der Waals surface area contributed by atoms with Crippen molar-refractivity contribution in [2.75, 3.05) is 33.3 Å². The van der Waals surface area contributed by atoms with Gasteiger partial charge >= 0.3 is 0 Å². The topological polar surface area (TPSA) is 41.6 Å². The van der Waals surface area contributed by atoms with Gasteiger partial charge in [0.25, 0.3) is 0 Å². The Labute approximate surface area is 116 Å². The normalized spacial score (nSPS) is 32.8. The van der Waals surface area contributed by atoms with Gasteiger partial charge < -0.3 is 10.1 Å². The number of hydrogen-bond donors (Lipinski definition) is 1. The van der Waals surface area contributed by atoms with E-state index < -0.39 is 0 Å². The number of ether oxygens (including phenoxy) is 1. The highest BCUT2D eigenvalue weighted by Crippen LogP contribution is 2.31. The third-order valence-corrected chi connectivity index (χ3v) is 4.50. The van der Waals surface area contributed by atoms with Crippen LogP contribution < -0.4 is 5.32 Å². The number of nitrogens with zero attached hydrogens (tertiary/aromatic N) is 1. The van der Waals surface area contributed by atoms with E-state index in [4.69, 9.17) is 4.74 Å². The molecular weight excluding hydrogens is 240 g/mol. The number of nitrogens with one attached hydrogen (secondary N) is 1. The fourth-order valence-electron chi connectivity index (χ4n) is 3.17. The van der Waals surface area contributed by atoms with Crippen molar-refractivity contribution in [2.45, 2.75) is 32.8 Å². The van der Waals surface area contributed by atoms with Crippen LogP contribution in [0.5, 0.6) is 0 Å². The summed E-state index contributed by atoms with van der Waals surface area (Å²) in [4.78, 5) is 14.0. The Hall–Kier alpha value is -0.870. The Balaban J connectivity index is 1.93. The minimum Gasteiger partial charge on any atom is -0.366 e. The van der Waals surface area contributed by atoms with E-state index in [1.165, 1.54) is 18.4 Å². The smallest absolute Gasteiger partial charge is 0.250 e. The number of likely N-dealkylation sites (N-methyl/N-ethyl adjacent to an activating group) is 1. The molecule has 4 heteroatoms. The second-order valence-corrected chi connectivity index (χ2v) is 5.84. The average molecular weight is 266 g/mol. The van der Waals surface area contributed by atoms with Crippen LogP contribution in [0.1, 0.15) is 26.7 Å². The van der Waals surface area contributed by atoms with Crippen molar-refractivity contribution in [3.05, 3.63) is 11.6 Å². The molecule has 0 aromatic heterocycles. The number of carbonyl (C=O) groups excluding carboxylic acids is 1. The van der Waals surface area contributed by atoms with Gasteiger partial charge in [-0.2, -0.15) is 0 Å². The standard InChI is InChI=1S/C15H26N2O2/c1-11-5-4-6-12(2)13(11)9-17-7-8-19-14(10-17)15(18)16-3/h5,12-14H,4,6-10H2,1-3H3,(H,16,18)/t12-,13-,14+/m1/s1. The molecule has 0 saturated carbocycles. The van der Waals surface area contributed by atoms with Crippen LogP contribution in [0.2, 0.25) is 0 Å². The van der Waals surface area contributed by atoms with Gasteiger partial charge in [-0.3, -0.25) is 9.69 Å². The van der Waals surface area contributed by atoms with Crippen LogP contribution in [0.3, 0.4) is 0 Å². The molecule has 2 rings (SSSR count). The van der Waals surface area contributed by atoms with Crippen molar-refractivity contribution in [1.29, 1.82) is 0 Å². The lowest BCUT2D eigenvalue weighted by Gasteiger charge is -2.37. The largest absolute Gasteiger partial charge is 0.366 e. The molecule has 1 heterocycles. The molecule has 108 valence electrons. The zero-order valence-electron chi connectivity index (χ0n) is 12.3. The quantitative estimate of drug-likeness (QED) is 0.786. The highest BCUT2D eigenvalue weighted by Gasteiger charge is 2.30. The molecule has 0 unspecified atom stereocenters. The number of morpholine rings is 1. The van der Waals surface area contributed by atoms with Gasteiger partial charge in [-0.1, -0.05) is 18.6 Å². The molecule has 3 atom stereocenters. The molecule has 1 fully saturated rings. The van der Waals surface area contributed by atoms with Crippen LogP contribution in [0.15, 0.2) is 11.6 Å². The number of hydrogen-bond acceptors (Lipinski definition) is 3. The first-order valence-corrected chi connectivity index (χ1v) is 7.34. The van der Waals surface area contributed by atoms with Crippen molar-refractivity contribution in [1.82, 2.24) is 10.2 Å². The van der Waals surface area contributed by atoms with Crippen LogP contribution in [0, 0.1) is 11.8 Å². The second-order valence-electron chi connectivity index (χ2n) is 5.84. The summed E-state index contributed by atoms with van der Waals surface area (Å²) in [5, 5.41) is 2.67. The van der Waals surface area contributed by atoms with E-state index in [1.807, 2.05) is 0 Å². The summed E-state index contributed by atoms with van der Waals surface area (Å²) >= 11 is 0. The number of rotatable bonds is 3. The first-order valence-electron chi connectivity index (χ1n) is 7.34. The van der Waals surface area contributed by atoms with E-state index in [2.05, 4.69) is 30.1 Å². The fourth-order valence-corrected chi connectivity index (χ4v) is 3.17. The van der Waals surface area contributed by atoms with Crippen LogP contribution in [0.25, 0.3) is 0 Å². The zero-order valence-corrected chi connectivity index (χ0v) is 12.3. The van der Waals surface area contributed by atoms with E-state index in [9.17, 15) is 4.79 Å². The number of carbonyl (C=O) groups is 1. The lowest BCUT2D eigenvalue weighted by Crippen LogP contribution is -2.50. The lowest BCUT2D eigenvalue weighted by molar-refractivity contribution is -0.138. The maximum Gasteiger partial charge on any atom is 0.250 e. The van der Waals surface area contributed by atoms with Gasteiger partial charge in [0.15, 0.2) is 0 Å². The van der Waals surface area contributed by atoms with Crippen molar-refractivity contribution in [2.24, 2.45) is 11.8 Å². The molecule has 0 aromatic rings. The van der Waals surface area contributed by atoms with Crippen LogP contribution in [0.4, 0.5) is 0 Å². The van der Waals surface area contributed by atoms with E-state index in [-0.39, 0.29) is 12.0 Å². The molecule has 2 aliphatic rings. The summed E-state index contributed by atoms with van der Waals surface area (Å²) in [7, 11) is 1.67. The molecule has 0 radical (unpaired) electrons. The fraction of sp³-hybridized carbons (Fsp3) is 0.800. The summed E-state index contributed by atoms with van der Waals surface area (Å²) in [6, 6.07) is 0. The summed E-state index contributed by atoms with van der Waals surface area (Å²) in [6.07, 6.45) is 4.57. The van der Waals surface area contributed by atoms with Gasteiger partial charge in [-0.05, 0) is 31.6 Å². The first kappa shape index (κ1) is 14.5. The maximum absolute atomic E-state index is 11.7. The molecule has 0 spiro atoms. The van der Waals surface area contributed by atoms with Crippen LogP contribution >= 0.6 is 0 Å². The Morgan fingerprint density at radius 2 is 2.37 bits per heavy atom. The Kier molecular flexibility index (Phi) is 4.99. The molecule has 0 aromatic carbocycles. The molecule has 1 saturated heterocycles. The van der Waals surface area contributed by atoms with Gasteiger partial charge in [0.1, 0.15) is 6.10 Å². The monoisotopic (exact) mass is 266 g/mol. The third kappa shape index (κ3) is 3.57. The van der Waals surface area contributed by atoms with Gasteiger partial charge in [0.05, 0.1) is 6.61 Å².